The van der Waals surface area contributed by atoms with Gasteiger partial charge in [0, 0.05) is 16.2 Å². The summed E-state index contributed by atoms with van der Waals surface area (Å²) in [6.07, 6.45) is 0. The Hall–Kier alpha value is -5.92. The van der Waals surface area contributed by atoms with Crippen molar-refractivity contribution in [1.82, 2.24) is 0 Å². The molecule has 1 heteroatoms. The number of hydrogen-bond acceptors (Lipinski definition) is 1. The number of fused-ring (bicyclic) bond motifs is 8. The summed E-state index contributed by atoms with van der Waals surface area (Å²) in [6.45, 7) is 4.70. The van der Waals surface area contributed by atoms with E-state index in [-0.39, 0.29) is 5.41 Å². The first kappa shape index (κ1) is 27.2. The number of rotatable bonds is 3. The minimum atomic E-state index is -0.0755. The zero-order valence-corrected chi connectivity index (χ0v) is 26.9. The molecule has 0 fully saturated rings. The fourth-order valence-electron chi connectivity index (χ4n) is 8.54. The first-order valence-corrected chi connectivity index (χ1v) is 16.8. The quantitative estimate of drug-likeness (QED) is 0.181. The van der Waals surface area contributed by atoms with Gasteiger partial charge in [0.2, 0.25) is 0 Å². The van der Waals surface area contributed by atoms with Gasteiger partial charge in [0.1, 0.15) is 11.2 Å². The van der Waals surface area contributed by atoms with Crippen LogP contribution in [0.2, 0.25) is 0 Å². The fraction of sp³-hybridized carbons (Fsp3) is 0.0638. The maximum Gasteiger partial charge on any atom is 0.136 e. The molecule has 0 atom stereocenters. The molecule has 0 aliphatic heterocycles. The first-order chi connectivity index (χ1) is 23.6. The summed E-state index contributed by atoms with van der Waals surface area (Å²) in [4.78, 5) is 0. The molecule has 10 rings (SSSR count). The molecular weight excluding hydrogens is 581 g/mol. The van der Waals surface area contributed by atoms with Gasteiger partial charge in [-0.15, -0.1) is 0 Å². The average Bonchev–Trinajstić information content (AvgIpc) is 3.63. The van der Waals surface area contributed by atoms with E-state index in [4.69, 9.17) is 4.42 Å². The molecule has 0 saturated carbocycles. The van der Waals surface area contributed by atoms with Crippen molar-refractivity contribution in [3.05, 3.63) is 169 Å². The van der Waals surface area contributed by atoms with E-state index in [1.165, 1.54) is 77.2 Å². The van der Waals surface area contributed by atoms with E-state index < -0.39 is 0 Å². The lowest BCUT2D eigenvalue weighted by Crippen LogP contribution is -2.14. The first-order valence-electron chi connectivity index (χ1n) is 16.8. The predicted octanol–water partition coefficient (Wildman–Crippen LogP) is 13.2. The van der Waals surface area contributed by atoms with Gasteiger partial charge in [-0.1, -0.05) is 153 Å². The van der Waals surface area contributed by atoms with Gasteiger partial charge in [-0.05, 0) is 95.4 Å². The largest absolute Gasteiger partial charge is 0.456 e. The van der Waals surface area contributed by atoms with Crippen LogP contribution in [0.15, 0.2) is 162 Å². The van der Waals surface area contributed by atoms with Gasteiger partial charge in [-0.2, -0.15) is 0 Å². The predicted molar refractivity (Wildman–Crippen MR) is 203 cm³/mol. The molecule has 226 valence electrons. The molecule has 9 aromatic rings. The minimum Gasteiger partial charge on any atom is -0.456 e. The summed E-state index contributed by atoms with van der Waals surface area (Å²) in [7, 11) is 0. The molecule has 0 amide bonds. The van der Waals surface area contributed by atoms with Crippen LogP contribution in [-0.4, -0.2) is 0 Å². The van der Waals surface area contributed by atoms with Crippen LogP contribution < -0.4 is 0 Å². The third-order valence-electron chi connectivity index (χ3n) is 10.7. The van der Waals surface area contributed by atoms with Crippen molar-refractivity contribution in [2.45, 2.75) is 19.3 Å². The van der Waals surface area contributed by atoms with Crippen LogP contribution in [0.4, 0.5) is 0 Å². The Morgan fingerprint density at radius 1 is 0.375 bits per heavy atom. The number of furan rings is 1. The van der Waals surface area contributed by atoms with E-state index >= 15 is 0 Å². The van der Waals surface area contributed by atoms with Crippen molar-refractivity contribution in [2.24, 2.45) is 0 Å². The van der Waals surface area contributed by atoms with E-state index in [1.54, 1.807) is 0 Å². The van der Waals surface area contributed by atoms with Crippen LogP contribution in [0, 0.1) is 0 Å². The maximum absolute atomic E-state index is 6.72. The molecule has 0 bridgehead atoms. The average molecular weight is 613 g/mol. The van der Waals surface area contributed by atoms with Gasteiger partial charge in [0.05, 0.1) is 0 Å². The van der Waals surface area contributed by atoms with Gasteiger partial charge in [-0.25, -0.2) is 0 Å². The Kier molecular flexibility index (Phi) is 5.69. The van der Waals surface area contributed by atoms with E-state index in [0.717, 1.165) is 21.9 Å². The maximum atomic E-state index is 6.72. The van der Waals surface area contributed by atoms with Crippen LogP contribution in [0.3, 0.4) is 0 Å². The van der Waals surface area contributed by atoms with E-state index in [0.29, 0.717) is 0 Å². The summed E-state index contributed by atoms with van der Waals surface area (Å²) < 4.78 is 6.72. The van der Waals surface area contributed by atoms with Crippen LogP contribution >= 0.6 is 0 Å². The molecule has 0 radical (unpaired) electrons. The topological polar surface area (TPSA) is 13.1 Å². The van der Waals surface area contributed by atoms with Crippen LogP contribution in [0.25, 0.3) is 88.0 Å². The summed E-state index contributed by atoms with van der Waals surface area (Å²) in [6, 6.07) is 57.6. The van der Waals surface area contributed by atoms with Crippen molar-refractivity contribution in [3.63, 3.8) is 0 Å². The third-order valence-corrected chi connectivity index (χ3v) is 10.7. The van der Waals surface area contributed by atoms with Gasteiger partial charge in [-0.3, -0.25) is 0 Å². The smallest absolute Gasteiger partial charge is 0.136 e. The molecule has 1 heterocycles. The van der Waals surface area contributed by atoms with Crippen molar-refractivity contribution >= 4 is 43.5 Å². The summed E-state index contributed by atoms with van der Waals surface area (Å²) >= 11 is 0. The number of hydrogen-bond donors (Lipinski definition) is 0. The standard InChI is InChI=1S/C47H32O/c1-47(2)39-24-12-10-21-36(39)45-31(23-14-25-40(45)47)30-27-38(46-37-22-11-13-26-41(37)48-42(46)28-30)44-34-19-8-6-17-32(34)43(29-15-4-3-5-16-29)33-18-7-9-20-35(33)44/h3-28H,1-2H3. The zero-order valence-electron chi connectivity index (χ0n) is 26.9. The second kappa shape index (κ2) is 10.0. The molecule has 48 heavy (non-hydrogen) atoms. The van der Waals surface area contributed by atoms with E-state index in [9.17, 15) is 0 Å². The summed E-state index contributed by atoms with van der Waals surface area (Å²) in [5.74, 6) is 0. The molecule has 1 aliphatic carbocycles. The van der Waals surface area contributed by atoms with Crippen molar-refractivity contribution < 1.29 is 4.42 Å². The van der Waals surface area contributed by atoms with Crippen LogP contribution in [0.5, 0.6) is 0 Å². The van der Waals surface area contributed by atoms with Crippen LogP contribution in [-0.2, 0) is 5.41 Å². The van der Waals surface area contributed by atoms with E-state index in [1.807, 2.05) is 0 Å². The molecule has 0 N–H and O–H groups in total. The Labute approximate surface area is 279 Å². The fourth-order valence-corrected chi connectivity index (χ4v) is 8.54. The zero-order chi connectivity index (χ0) is 32.0. The molecule has 8 aromatic carbocycles. The van der Waals surface area contributed by atoms with Crippen LogP contribution in [0.1, 0.15) is 25.0 Å². The minimum absolute atomic E-state index is 0.0755. The molecular formula is C47H32O. The van der Waals surface area contributed by atoms with Crippen molar-refractivity contribution in [2.75, 3.05) is 0 Å². The van der Waals surface area contributed by atoms with Gasteiger partial charge in [0.15, 0.2) is 0 Å². The summed E-state index contributed by atoms with van der Waals surface area (Å²) in [5, 5.41) is 7.27. The lowest BCUT2D eigenvalue weighted by Gasteiger charge is -2.22. The molecule has 1 aromatic heterocycles. The highest BCUT2D eigenvalue weighted by molar-refractivity contribution is 6.26. The van der Waals surface area contributed by atoms with E-state index in [2.05, 4.69) is 172 Å². The van der Waals surface area contributed by atoms with Crippen molar-refractivity contribution in [3.8, 4) is 44.5 Å². The second-order valence-corrected chi connectivity index (χ2v) is 13.6. The van der Waals surface area contributed by atoms with Gasteiger partial charge >= 0.3 is 0 Å². The highest BCUT2D eigenvalue weighted by Gasteiger charge is 2.36. The highest BCUT2D eigenvalue weighted by atomic mass is 16.3. The Morgan fingerprint density at radius 2 is 0.938 bits per heavy atom. The molecule has 0 spiro atoms. The SMILES string of the molecule is CC1(C)c2ccccc2-c2c(-c3cc(-c4c5ccccc5c(-c5ccccc5)c5ccccc45)c4c(c3)oc3ccccc34)cccc21. The lowest BCUT2D eigenvalue weighted by atomic mass is 9.81. The number of para-hydroxylation sites is 1. The lowest BCUT2D eigenvalue weighted by molar-refractivity contribution is 0.660. The summed E-state index contributed by atoms with van der Waals surface area (Å²) in [5.41, 5.74) is 14.5. The monoisotopic (exact) mass is 612 g/mol. The molecule has 1 nitrogen and oxygen atoms in total. The molecule has 1 aliphatic rings. The Morgan fingerprint density at radius 3 is 1.67 bits per heavy atom. The van der Waals surface area contributed by atoms with Crippen molar-refractivity contribution in [1.29, 1.82) is 0 Å². The van der Waals surface area contributed by atoms with Gasteiger partial charge < -0.3 is 4.42 Å². The van der Waals surface area contributed by atoms with Gasteiger partial charge in [0.25, 0.3) is 0 Å². The Balaban J connectivity index is 1.37. The normalized spacial score (nSPS) is 13.4. The molecule has 0 saturated heterocycles. The Bertz CT molecular complexity index is 2690. The third kappa shape index (κ3) is 3.73. The molecule has 0 unspecified atom stereocenters. The highest BCUT2D eigenvalue weighted by Crippen LogP contribution is 2.53. The number of benzene rings is 8. The second-order valence-electron chi connectivity index (χ2n) is 13.6.